The monoisotopic (exact) mass is 506 g/mol. The molecule has 0 fully saturated rings. The lowest BCUT2D eigenvalue weighted by Crippen LogP contribution is -2.50. The fraction of sp³-hybridized carbons (Fsp3) is 0.310. The van der Waals surface area contributed by atoms with Gasteiger partial charge >= 0.3 is 6.09 Å². The number of nitrogens with zero attached hydrogens (tertiary/aromatic N) is 1. The largest absolute Gasteiger partial charge is 0.444 e. The van der Waals surface area contributed by atoms with Crippen molar-refractivity contribution in [2.45, 2.75) is 37.2 Å². The molecule has 2 amide bonds. The fourth-order valence-electron chi connectivity index (χ4n) is 3.91. The highest BCUT2D eigenvalue weighted by atomic mass is 32.2. The van der Waals surface area contributed by atoms with E-state index in [1.165, 1.54) is 14.2 Å². The normalized spacial score (nSPS) is 12.5. The van der Waals surface area contributed by atoms with Gasteiger partial charge in [-0.25, -0.2) is 9.86 Å². The van der Waals surface area contributed by atoms with Crippen molar-refractivity contribution in [1.82, 2.24) is 10.4 Å². The molecule has 0 aromatic heterocycles. The van der Waals surface area contributed by atoms with Crippen LogP contribution in [0.2, 0.25) is 0 Å². The third kappa shape index (κ3) is 6.68. The number of hydrogen-bond donors (Lipinski definition) is 1. The Labute approximate surface area is 217 Å². The molecule has 0 heterocycles. The Balaban J connectivity index is 2.07. The second kappa shape index (κ2) is 12.1. The zero-order valence-corrected chi connectivity index (χ0v) is 22.2. The van der Waals surface area contributed by atoms with Crippen LogP contribution in [-0.2, 0) is 19.1 Å². The third-order valence-corrected chi connectivity index (χ3v) is 7.22. The molecule has 3 aromatic rings. The highest BCUT2D eigenvalue weighted by Gasteiger charge is 2.39. The molecule has 3 rings (SSSR count). The zero-order valence-electron chi connectivity index (χ0n) is 21.4. The summed E-state index contributed by atoms with van der Waals surface area (Å²) in [5, 5.41) is 3.89. The van der Waals surface area contributed by atoms with Gasteiger partial charge in [0.25, 0.3) is 5.91 Å². The number of thioether (sulfide) groups is 1. The summed E-state index contributed by atoms with van der Waals surface area (Å²) >= 11 is 1.58. The lowest BCUT2D eigenvalue weighted by atomic mass is 9.84. The number of carbonyl (C=O) groups is 2. The molecule has 0 aliphatic heterocycles. The highest BCUT2D eigenvalue weighted by molar-refractivity contribution is 8.00. The molecule has 1 unspecified atom stereocenters. The van der Waals surface area contributed by atoms with E-state index in [0.717, 1.165) is 21.8 Å². The first-order valence-corrected chi connectivity index (χ1v) is 12.8. The van der Waals surface area contributed by atoms with Gasteiger partial charge in [0.15, 0.2) is 0 Å². The number of nitrogens with one attached hydrogen (secondary N) is 1. The average Bonchev–Trinajstić information content (AvgIpc) is 2.88. The van der Waals surface area contributed by atoms with E-state index in [1.807, 2.05) is 54.6 Å². The third-order valence-electron chi connectivity index (χ3n) is 5.58. The van der Waals surface area contributed by atoms with Gasteiger partial charge in [0.2, 0.25) is 0 Å². The van der Waals surface area contributed by atoms with Crippen molar-refractivity contribution in [3.8, 4) is 0 Å². The van der Waals surface area contributed by atoms with Gasteiger partial charge in [0.05, 0.1) is 11.9 Å². The summed E-state index contributed by atoms with van der Waals surface area (Å²) in [6.45, 7) is 5.35. The predicted molar refractivity (Wildman–Crippen MR) is 145 cm³/mol. The number of benzene rings is 3. The van der Waals surface area contributed by atoms with Gasteiger partial charge in [-0.2, -0.15) is 0 Å². The van der Waals surface area contributed by atoms with E-state index in [-0.39, 0.29) is 11.7 Å². The van der Waals surface area contributed by atoms with Crippen LogP contribution in [0, 0.1) is 0 Å². The van der Waals surface area contributed by atoms with Gasteiger partial charge in [0, 0.05) is 12.8 Å². The summed E-state index contributed by atoms with van der Waals surface area (Å²) < 4.78 is 4.81. The van der Waals surface area contributed by atoms with Crippen molar-refractivity contribution in [3.63, 3.8) is 0 Å². The molecule has 0 saturated heterocycles. The van der Waals surface area contributed by atoms with Crippen molar-refractivity contribution in [1.29, 1.82) is 0 Å². The maximum Gasteiger partial charge on any atom is 0.408 e. The molecule has 190 valence electrons. The standard InChI is InChI=1S/C29H34N2O4S/c1-28(2,3)35-27(33)30-25(26(32)31(4)34-5)21-36-29(22-15-9-6-10-16-22,23-17-11-7-12-18-23)24-19-13-8-14-20-24/h6-20,25H,21H2,1-5H3,(H,30,33). The Morgan fingerprint density at radius 2 is 1.25 bits per heavy atom. The minimum Gasteiger partial charge on any atom is -0.444 e. The van der Waals surface area contributed by atoms with Crippen LogP contribution in [-0.4, -0.2) is 48.6 Å². The first-order valence-electron chi connectivity index (χ1n) is 11.8. The van der Waals surface area contributed by atoms with Crippen LogP contribution < -0.4 is 5.32 Å². The molecule has 0 spiro atoms. The predicted octanol–water partition coefficient (Wildman–Crippen LogP) is 5.62. The minimum atomic E-state index is -0.884. The van der Waals surface area contributed by atoms with E-state index in [2.05, 4.69) is 41.7 Å². The number of ether oxygens (including phenoxy) is 1. The van der Waals surface area contributed by atoms with Gasteiger partial charge < -0.3 is 10.1 Å². The lowest BCUT2D eigenvalue weighted by Gasteiger charge is -2.36. The number of likely N-dealkylation sites (N-methyl/N-ethyl adjacent to an activating group) is 1. The maximum atomic E-state index is 13.2. The Kier molecular flexibility index (Phi) is 9.18. The van der Waals surface area contributed by atoms with Crippen LogP contribution in [0.25, 0.3) is 0 Å². The quantitative estimate of drug-likeness (QED) is 0.301. The van der Waals surface area contributed by atoms with E-state index in [1.54, 1.807) is 32.5 Å². The fourth-order valence-corrected chi connectivity index (χ4v) is 5.46. The van der Waals surface area contributed by atoms with Gasteiger partial charge in [-0.3, -0.25) is 9.63 Å². The van der Waals surface area contributed by atoms with Crippen molar-refractivity contribution >= 4 is 23.8 Å². The van der Waals surface area contributed by atoms with Crippen LogP contribution in [0.4, 0.5) is 4.79 Å². The smallest absolute Gasteiger partial charge is 0.408 e. The Morgan fingerprint density at radius 1 is 0.833 bits per heavy atom. The van der Waals surface area contributed by atoms with Gasteiger partial charge in [-0.05, 0) is 37.5 Å². The van der Waals surface area contributed by atoms with Crippen molar-refractivity contribution in [2.24, 2.45) is 0 Å². The highest BCUT2D eigenvalue weighted by Crippen LogP contribution is 2.48. The van der Waals surface area contributed by atoms with Gasteiger partial charge in [-0.1, -0.05) is 91.0 Å². The number of hydroxylamine groups is 2. The Bertz CT molecular complexity index is 1020. The molecule has 1 atom stereocenters. The molecule has 0 bridgehead atoms. The zero-order chi connectivity index (χ0) is 26.2. The van der Waals surface area contributed by atoms with Crippen LogP contribution in [0.15, 0.2) is 91.0 Å². The summed E-state index contributed by atoms with van der Waals surface area (Å²) in [5.41, 5.74) is 2.50. The molecular formula is C29H34N2O4S. The number of rotatable bonds is 9. The molecule has 0 aliphatic rings. The van der Waals surface area contributed by atoms with Crippen LogP contribution in [0.1, 0.15) is 37.5 Å². The van der Waals surface area contributed by atoms with Crippen molar-refractivity contribution in [2.75, 3.05) is 19.9 Å². The molecule has 36 heavy (non-hydrogen) atoms. The molecule has 3 aromatic carbocycles. The molecule has 0 saturated carbocycles. The topological polar surface area (TPSA) is 67.9 Å². The van der Waals surface area contributed by atoms with Crippen LogP contribution >= 0.6 is 11.8 Å². The van der Waals surface area contributed by atoms with E-state index in [4.69, 9.17) is 9.57 Å². The summed E-state index contributed by atoms with van der Waals surface area (Å²) in [6, 6.07) is 29.7. The van der Waals surface area contributed by atoms with E-state index in [9.17, 15) is 9.59 Å². The van der Waals surface area contributed by atoms with Gasteiger partial charge in [-0.15, -0.1) is 11.8 Å². The van der Waals surface area contributed by atoms with Crippen LogP contribution in [0.5, 0.6) is 0 Å². The molecule has 7 heteroatoms. The van der Waals surface area contributed by atoms with E-state index >= 15 is 0 Å². The van der Waals surface area contributed by atoms with E-state index in [0.29, 0.717) is 0 Å². The number of hydrogen-bond acceptors (Lipinski definition) is 5. The summed E-state index contributed by atoms with van der Waals surface area (Å²) in [7, 11) is 2.94. The average molecular weight is 507 g/mol. The first kappa shape index (κ1) is 27.3. The minimum absolute atomic E-state index is 0.268. The molecule has 0 aliphatic carbocycles. The molecule has 0 radical (unpaired) electrons. The lowest BCUT2D eigenvalue weighted by molar-refractivity contribution is -0.170. The molecular weight excluding hydrogens is 472 g/mol. The molecule has 6 nitrogen and oxygen atoms in total. The Morgan fingerprint density at radius 3 is 1.61 bits per heavy atom. The summed E-state index contributed by atoms with van der Waals surface area (Å²) in [6.07, 6.45) is -0.657. The summed E-state index contributed by atoms with van der Waals surface area (Å²) in [5.74, 6) is -0.108. The van der Waals surface area contributed by atoms with Gasteiger partial charge in [0.1, 0.15) is 11.6 Å². The van der Waals surface area contributed by atoms with Crippen molar-refractivity contribution in [3.05, 3.63) is 108 Å². The number of amides is 2. The molecule has 1 N–H and O–H groups in total. The number of alkyl carbamates (subject to hydrolysis) is 1. The van der Waals surface area contributed by atoms with Crippen molar-refractivity contribution < 1.29 is 19.2 Å². The van der Waals surface area contributed by atoms with Crippen LogP contribution in [0.3, 0.4) is 0 Å². The first-order chi connectivity index (χ1) is 17.2. The second-order valence-electron chi connectivity index (χ2n) is 9.31. The Hall–Kier alpha value is -3.29. The SMILES string of the molecule is CON(C)C(=O)C(CSC(c1ccccc1)(c1ccccc1)c1ccccc1)NC(=O)OC(C)(C)C. The second-order valence-corrected chi connectivity index (χ2v) is 10.5. The number of carbonyl (C=O) groups excluding carboxylic acids is 2. The van der Waals surface area contributed by atoms with E-state index < -0.39 is 22.5 Å². The summed E-state index contributed by atoms with van der Waals surface area (Å²) in [4.78, 5) is 31.0. The maximum absolute atomic E-state index is 13.2.